The van der Waals surface area contributed by atoms with Crippen molar-refractivity contribution >= 4 is 22.4 Å². The number of benzene rings is 2. The molecule has 0 spiro atoms. The topological polar surface area (TPSA) is 51.7 Å². The molecule has 0 amide bonds. The molecule has 2 heterocycles. The molecular weight excluding hydrogens is 379 g/mol. The molecule has 1 aliphatic heterocycles. The van der Waals surface area contributed by atoms with E-state index in [0.717, 1.165) is 27.5 Å². The number of hydrogen-bond donors (Lipinski definition) is 0. The lowest BCUT2D eigenvalue weighted by molar-refractivity contribution is -0.154. The van der Waals surface area contributed by atoms with E-state index in [-0.39, 0.29) is 11.8 Å². The van der Waals surface area contributed by atoms with Gasteiger partial charge in [-0.1, -0.05) is 36.4 Å². The Morgan fingerprint density at radius 2 is 1.79 bits per heavy atom. The highest BCUT2D eigenvalue weighted by Gasteiger charge is 2.28. The summed E-state index contributed by atoms with van der Waals surface area (Å²) in [6.07, 6.45) is -0.582. The molecular formula is C21H19FN2O3S. The predicted octanol–water partition coefficient (Wildman–Crippen LogP) is 3.99. The molecule has 1 atom stereocenters. The summed E-state index contributed by atoms with van der Waals surface area (Å²) in [6.45, 7) is 1.58. The quantitative estimate of drug-likeness (QED) is 0.622. The van der Waals surface area contributed by atoms with Gasteiger partial charge in [-0.3, -0.25) is 0 Å². The van der Waals surface area contributed by atoms with Crippen molar-refractivity contribution in [3.8, 4) is 22.4 Å². The average molecular weight is 398 g/mol. The molecule has 5 nitrogen and oxygen atoms in total. The summed E-state index contributed by atoms with van der Waals surface area (Å²) in [5, 5.41) is 2.86. The van der Waals surface area contributed by atoms with Crippen LogP contribution >= 0.6 is 11.3 Å². The Morgan fingerprint density at radius 1 is 1.14 bits per heavy atom. The van der Waals surface area contributed by atoms with Gasteiger partial charge in [0.15, 0.2) is 11.2 Å². The Morgan fingerprint density at radius 3 is 2.46 bits per heavy atom. The summed E-state index contributed by atoms with van der Waals surface area (Å²) < 4.78 is 23.3. The average Bonchev–Trinajstić information content (AvgIpc) is 3.24. The van der Waals surface area contributed by atoms with Crippen LogP contribution in [0.15, 0.2) is 53.9 Å². The highest BCUT2D eigenvalue weighted by molar-refractivity contribution is 7.14. The van der Waals surface area contributed by atoms with Crippen molar-refractivity contribution in [3.05, 3.63) is 59.7 Å². The van der Waals surface area contributed by atoms with Crippen molar-refractivity contribution < 1.29 is 18.7 Å². The van der Waals surface area contributed by atoms with Gasteiger partial charge in [0.25, 0.3) is 0 Å². The molecule has 2 aromatic carbocycles. The third kappa shape index (κ3) is 3.90. The van der Waals surface area contributed by atoms with Gasteiger partial charge in [-0.2, -0.15) is 0 Å². The minimum absolute atomic E-state index is 0.243. The molecule has 1 aromatic heterocycles. The summed E-state index contributed by atoms with van der Waals surface area (Å²) in [5.41, 5.74) is 3.88. The minimum atomic E-state index is -0.582. The first-order chi connectivity index (χ1) is 13.6. The smallest absolute Gasteiger partial charge is 0.336 e. The molecule has 0 aliphatic carbocycles. The number of hydrogen-bond acceptors (Lipinski definition) is 6. The van der Waals surface area contributed by atoms with E-state index in [1.165, 1.54) is 30.6 Å². The van der Waals surface area contributed by atoms with Gasteiger partial charge in [-0.05, 0) is 23.3 Å². The van der Waals surface area contributed by atoms with Crippen molar-refractivity contribution in [2.45, 2.75) is 6.10 Å². The zero-order valence-electron chi connectivity index (χ0n) is 15.3. The Labute approximate surface area is 166 Å². The van der Waals surface area contributed by atoms with E-state index in [0.29, 0.717) is 19.7 Å². The third-order valence-electron chi connectivity index (χ3n) is 4.65. The van der Waals surface area contributed by atoms with Crippen molar-refractivity contribution in [3.63, 3.8) is 0 Å². The number of aromatic nitrogens is 1. The molecule has 144 valence electrons. The fourth-order valence-corrected chi connectivity index (χ4v) is 3.99. The summed E-state index contributed by atoms with van der Waals surface area (Å²) >= 11 is 1.54. The number of morpholine rings is 1. The van der Waals surface area contributed by atoms with Crippen LogP contribution in [0.5, 0.6) is 0 Å². The van der Waals surface area contributed by atoms with Gasteiger partial charge < -0.3 is 14.4 Å². The van der Waals surface area contributed by atoms with Crippen LogP contribution in [0, 0.1) is 5.82 Å². The molecule has 0 saturated carbocycles. The molecule has 3 aromatic rings. The number of carbonyl (C=O) groups excluding carboxylic acids is 1. The zero-order valence-corrected chi connectivity index (χ0v) is 16.1. The maximum Gasteiger partial charge on any atom is 0.336 e. The largest absolute Gasteiger partial charge is 0.467 e. The van der Waals surface area contributed by atoms with Crippen LogP contribution in [0.25, 0.3) is 22.4 Å². The van der Waals surface area contributed by atoms with E-state index in [9.17, 15) is 9.18 Å². The minimum Gasteiger partial charge on any atom is -0.467 e. The van der Waals surface area contributed by atoms with Gasteiger partial charge in [0.05, 0.1) is 26.0 Å². The van der Waals surface area contributed by atoms with Gasteiger partial charge in [-0.15, -0.1) is 11.3 Å². The number of thiazole rings is 1. The SMILES string of the molecule is COC(=O)C1CN(c2nc(-c3ccc(-c4ccc(F)cc4)cc3)cs2)CCO1. The molecule has 1 saturated heterocycles. The summed E-state index contributed by atoms with van der Waals surface area (Å²) in [6, 6.07) is 14.5. The first kappa shape index (κ1) is 18.6. The van der Waals surface area contributed by atoms with E-state index >= 15 is 0 Å². The highest BCUT2D eigenvalue weighted by atomic mass is 32.1. The molecule has 1 aliphatic rings. The number of methoxy groups -OCH3 is 1. The van der Waals surface area contributed by atoms with Gasteiger partial charge in [-0.25, -0.2) is 14.2 Å². The molecule has 0 N–H and O–H groups in total. The molecule has 1 unspecified atom stereocenters. The molecule has 1 fully saturated rings. The normalized spacial score (nSPS) is 16.8. The number of ether oxygens (including phenoxy) is 2. The monoisotopic (exact) mass is 398 g/mol. The van der Waals surface area contributed by atoms with E-state index in [2.05, 4.69) is 0 Å². The van der Waals surface area contributed by atoms with Gasteiger partial charge >= 0.3 is 5.97 Å². The van der Waals surface area contributed by atoms with E-state index in [1.54, 1.807) is 12.1 Å². The van der Waals surface area contributed by atoms with E-state index in [4.69, 9.17) is 14.5 Å². The van der Waals surface area contributed by atoms with Crippen LogP contribution in [0.3, 0.4) is 0 Å². The Balaban J connectivity index is 1.49. The Bertz CT molecular complexity index is 957. The highest BCUT2D eigenvalue weighted by Crippen LogP contribution is 2.30. The Hall–Kier alpha value is -2.77. The van der Waals surface area contributed by atoms with Crippen LogP contribution in [-0.2, 0) is 14.3 Å². The second-order valence-electron chi connectivity index (χ2n) is 6.43. The van der Waals surface area contributed by atoms with E-state index in [1.807, 2.05) is 34.5 Å². The van der Waals surface area contributed by atoms with Crippen LogP contribution in [-0.4, -0.2) is 43.9 Å². The van der Waals surface area contributed by atoms with Crippen LogP contribution in [0.1, 0.15) is 0 Å². The van der Waals surface area contributed by atoms with Crippen LogP contribution < -0.4 is 4.90 Å². The number of anilines is 1. The summed E-state index contributed by atoms with van der Waals surface area (Å²) in [7, 11) is 1.36. The molecule has 28 heavy (non-hydrogen) atoms. The van der Waals surface area contributed by atoms with Crippen molar-refractivity contribution in [1.29, 1.82) is 0 Å². The molecule has 4 rings (SSSR count). The van der Waals surface area contributed by atoms with Crippen LogP contribution in [0.4, 0.5) is 9.52 Å². The van der Waals surface area contributed by atoms with Gasteiger partial charge in [0, 0.05) is 17.5 Å². The second-order valence-corrected chi connectivity index (χ2v) is 7.26. The maximum atomic E-state index is 13.1. The lowest BCUT2D eigenvalue weighted by Crippen LogP contribution is -2.46. The van der Waals surface area contributed by atoms with Crippen LogP contribution in [0.2, 0.25) is 0 Å². The first-order valence-corrected chi connectivity index (χ1v) is 9.78. The predicted molar refractivity (Wildman–Crippen MR) is 107 cm³/mol. The van der Waals surface area contributed by atoms with Crippen molar-refractivity contribution in [2.24, 2.45) is 0 Å². The van der Waals surface area contributed by atoms with Crippen molar-refractivity contribution in [2.75, 3.05) is 31.7 Å². The third-order valence-corrected chi connectivity index (χ3v) is 5.55. The number of halogens is 1. The van der Waals surface area contributed by atoms with Gasteiger partial charge in [0.1, 0.15) is 5.82 Å². The summed E-state index contributed by atoms with van der Waals surface area (Å²) in [4.78, 5) is 18.5. The lowest BCUT2D eigenvalue weighted by Gasteiger charge is -2.31. The molecule has 0 radical (unpaired) electrons. The second kappa shape index (κ2) is 8.08. The fourth-order valence-electron chi connectivity index (χ4n) is 3.11. The number of rotatable bonds is 4. The van der Waals surface area contributed by atoms with E-state index < -0.39 is 6.10 Å². The molecule has 0 bridgehead atoms. The molecule has 7 heteroatoms. The number of nitrogens with zero attached hydrogens (tertiary/aromatic N) is 2. The maximum absolute atomic E-state index is 13.1. The summed E-state index contributed by atoms with van der Waals surface area (Å²) in [5.74, 6) is -0.606. The first-order valence-electron chi connectivity index (χ1n) is 8.90. The van der Waals surface area contributed by atoms with Gasteiger partial charge in [0.2, 0.25) is 0 Å². The lowest BCUT2D eigenvalue weighted by atomic mass is 10.0. The van der Waals surface area contributed by atoms with Crippen molar-refractivity contribution in [1.82, 2.24) is 4.98 Å². The zero-order chi connectivity index (χ0) is 19.5. The number of carbonyl (C=O) groups is 1. The number of esters is 1. The standard InChI is InChI=1S/C21H19FN2O3S/c1-26-20(25)19-12-24(10-11-27-19)21-23-18(13-28-21)16-4-2-14(3-5-16)15-6-8-17(22)9-7-15/h2-9,13,19H,10-12H2,1H3. The fraction of sp³-hybridized carbons (Fsp3) is 0.238. The Kier molecular flexibility index (Phi) is 5.36.